The van der Waals surface area contributed by atoms with Gasteiger partial charge in [0, 0.05) is 18.8 Å². The van der Waals surface area contributed by atoms with Gasteiger partial charge in [-0.25, -0.2) is 8.78 Å². The fourth-order valence-electron chi connectivity index (χ4n) is 1.97. The molecule has 1 rings (SSSR count). The number of amides is 1. The molecule has 0 aliphatic rings. The van der Waals surface area contributed by atoms with Crippen LogP contribution in [0.4, 0.5) is 14.5 Å². The summed E-state index contributed by atoms with van der Waals surface area (Å²) in [6.07, 6.45) is -2.57. The third-order valence-electron chi connectivity index (χ3n) is 3.18. The van der Waals surface area contributed by atoms with Crippen LogP contribution in [0.3, 0.4) is 0 Å². The lowest BCUT2D eigenvalue weighted by molar-refractivity contribution is -0.121. The lowest BCUT2D eigenvalue weighted by Gasteiger charge is -2.27. The fraction of sp³-hybridized carbons (Fsp3) is 0.500. The first-order valence-electron chi connectivity index (χ1n) is 6.71. The quantitative estimate of drug-likeness (QED) is 0.670. The third kappa shape index (κ3) is 5.37. The summed E-state index contributed by atoms with van der Waals surface area (Å²) in [6, 6.07) is 6.26. The Bertz CT molecular complexity index is 458. The van der Waals surface area contributed by atoms with Crippen LogP contribution in [0, 0.1) is 0 Å². The summed E-state index contributed by atoms with van der Waals surface area (Å²) < 4.78 is 25.0. The number of hydrogen-bond acceptors (Lipinski definition) is 4. The second-order valence-electron chi connectivity index (χ2n) is 4.64. The molecular weight excluding hydrogens is 280 g/mol. The monoisotopic (exact) mass is 301 g/mol. The number of carbonyl (C=O) groups is 1. The molecule has 21 heavy (non-hydrogen) atoms. The molecule has 1 aromatic carbocycles. The predicted octanol–water partition coefficient (Wildman–Crippen LogP) is 1.03. The van der Waals surface area contributed by atoms with Crippen LogP contribution < -0.4 is 11.1 Å². The van der Waals surface area contributed by atoms with Crippen molar-refractivity contribution < 1.29 is 18.7 Å². The topological polar surface area (TPSA) is 78.6 Å². The molecule has 0 saturated heterocycles. The standard InChI is InChI=1S/C14H21F2N3O2/c1-10(19(6-7-20)9-13(15)16)14(21)18-12-5-3-2-4-11(12)8-17/h2-5,10,13,20H,6-9,17H2,1H3,(H,18,21). The summed E-state index contributed by atoms with van der Waals surface area (Å²) >= 11 is 0. The molecule has 118 valence electrons. The number of alkyl halides is 2. The SMILES string of the molecule is CC(C(=O)Nc1ccccc1CN)N(CCO)CC(F)F. The van der Waals surface area contributed by atoms with Gasteiger partial charge in [-0.3, -0.25) is 9.69 Å². The third-order valence-corrected chi connectivity index (χ3v) is 3.18. The minimum atomic E-state index is -2.57. The van der Waals surface area contributed by atoms with Crippen molar-refractivity contribution in [1.29, 1.82) is 0 Å². The highest BCUT2D eigenvalue weighted by Gasteiger charge is 2.24. The van der Waals surface area contributed by atoms with Crippen LogP contribution in [0.2, 0.25) is 0 Å². The van der Waals surface area contributed by atoms with Gasteiger partial charge in [0.2, 0.25) is 5.91 Å². The Morgan fingerprint density at radius 3 is 2.67 bits per heavy atom. The van der Waals surface area contributed by atoms with E-state index in [9.17, 15) is 13.6 Å². The van der Waals surface area contributed by atoms with Crippen LogP contribution in [0.5, 0.6) is 0 Å². The minimum Gasteiger partial charge on any atom is -0.395 e. The molecule has 0 aliphatic heterocycles. The maximum atomic E-state index is 12.5. The highest BCUT2D eigenvalue weighted by atomic mass is 19.3. The molecule has 1 aromatic rings. The first kappa shape index (κ1) is 17.5. The van der Waals surface area contributed by atoms with E-state index in [-0.39, 0.29) is 19.7 Å². The van der Waals surface area contributed by atoms with Gasteiger partial charge in [0.05, 0.1) is 19.2 Å². The Labute approximate surface area is 122 Å². The number of aliphatic hydroxyl groups is 1. The van der Waals surface area contributed by atoms with Gasteiger partial charge in [0.1, 0.15) is 0 Å². The van der Waals surface area contributed by atoms with Crippen molar-refractivity contribution in [3.8, 4) is 0 Å². The van der Waals surface area contributed by atoms with Gasteiger partial charge in [-0.05, 0) is 18.6 Å². The number of nitrogens with two attached hydrogens (primary N) is 1. The number of benzene rings is 1. The average molecular weight is 301 g/mol. The molecule has 0 radical (unpaired) electrons. The first-order valence-corrected chi connectivity index (χ1v) is 6.71. The van der Waals surface area contributed by atoms with Crippen LogP contribution in [-0.4, -0.2) is 48.1 Å². The van der Waals surface area contributed by atoms with E-state index in [4.69, 9.17) is 10.8 Å². The molecule has 0 fully saturated rings. The lowest BCUT2D eigenvalue weighted by atomic mass is 10.1. The summed E-state index contributed by atoms with van der Waals surface area (Å²) in [5, 5.41) is 11.6. The number of anilines is 1. The lowest BCUT2D eigenvalue weighted by Crippen LogP contribution is -2.45. The largest absolute Gasteiger partial charge is 0.395 e. The van der Waals surface area contributed by atoms with Crippen molar-refractivity contribution in [3.05, 3.63) is 29.8 Å². The van der Waals surface area contributed by atoms with Gasteiger partial charge in [-0.15, -0.1) is 0 Å². The van der Waals surface area contributed by atoms with E-state index in [0.717, 1.165) is 5.56 Å². The molecule has 5 nitrogen and oxygen atoms in total. The normalized spacial score (nSPS) is 12.7. The van der Waals surface area contributed by atoms with Crippen molar-refractivity contribution >= 4 is 11.6 Å². The summed E-state index contributed by atoms with van der Waals surface area (Å²) in [4.78, 5) is 13.4. The van der Waals surface area contributed by atoms with E-state index < -0.39 is 24.9 Å². The zero-order chi connectivity index (χ0) is 15.8. The Hall–Kier alpha value is -1.57. The summed E-state index contributed by atoms with van der Waals surface area (Å²) in [6.45, 7) is 0.954. The number of nitrogens with one attached hydrogen (secondary N) is 1. The molecule has 0 aliphatic carbocycles. The molecule has 7 heteroatoms. The molecule has 0 saturated carbocycles. The molecular formula is C14H21F2N3O2. The van der Waals surface area contributed by atoms with E-state index in [1.165, 1.54) is 11.8 Å². The summed E-state index contributed by atoms with van der Waals surface area (Å²) in [5.41, 5.74) is 6.91. The Kier molecular flexibility index (Phi) is 7.21. The molecule has 0 heterocycles. The van der Waals surface area contributed by atoms with E-state index in [0.29, 0.717) is 5.69 Å². The van der Waals surface area contributed by atoms with Gasteiger partial charge in [-0.1, -0.05) is 18.2 Å². The molecule has 1 atom stereocenters. The first-order chi connectivity index (χ1) is 9.99. The second kappa shape index (κ2) is 8.66. The van der Waals surface area contributed by atoms with Crippen LogP contribution in [0.25, 0.3) is 0 Å². The highest BCUT2D eigenvalue weighted by Crippen LogP contribution is 2.15. The number of hydrogen-bond donors (Lipinski definition) is 3. The fourth-order valence-corrected chi connectivity index (χ4v) is 1.97. The molecule has 1 amide bonds. The van der Waals surface area contributed by atoms with Crippen molar-refractivity contribution in [3.63, 3.8) is 0 Å². The Morgan fingerprint density at radius 1 is 1.43 bits per heavy atom. The maximum absolute atomic E-state index is 12.5. The molecule has 0 spiro atoms. The zero-order valence-corrected chi connectivity index (χ0v) is 11.9. The van der Waals surface area contributed by atoms with Crippen LogP contribution >= 0.6 is 0 Å². The van der Waals surface area contributed by atoms with Gasteiger partial charge in [-0.2, -0.15) is 0 Å². The van der Waals surface area contributed by atoms with Crippen LogP contribution in [0.15, 0.2) is 24.3 Å². The number of halogens is 2. The van der Waals surface area contributed by atoms with Crippen molar-refractivity contribution in [1.82, 2.24) is 4.90 Å². The zero-order valence-electron chi connectivity index (χ0n) is 11.9. The molecule has 0 aromatic heterocycles. The molecule has 1 unspecified atom stereocenters. The second-order valence-corrected chi connectivity index (χ2v) is 4.64. The van der Waals surface area contributed by atoms with E-state index >= 15 is 0 Å². The smallest absolute Gasteiger partial charge is 0.251 e. The average Bonchev–Trinajstić information content (AvgIpc) is 2.46. The highest BCUT2D eigenvalue weighted by molar-refractivity contribution is 5.95. The van der Waals surface area contributed by atoms with Gasteiger partial charge in [0.25, 0.3) is 6.43 Å². The van der Waals surface area contributed by atoms with Gasteiger partial charge >= 0.3 is 0 Å². The molecule has 0 bridgehead atoms. The van der Waals surface area contributed by atoms with Gasteiger partial charge in [0.15, 0.2) is 0 Å². The summed E-state index contributed by atoms with van der Waals surface area (Å²) in [5.74, 6) is -0.412. The van der Waals surface area contributed by atoms with E-state index in [1.54, 1.807) is 24.3 Å². The number of rotatable bonds is 8. The predicted molar refractivity (Wildman–Crippen MR) is 77.1 cm³/mol. The van der Waals surface area contributed by atoms with Crippen LogP contribution in [0.1, 0.15) is 12.5 Å². The number of carbonyl (C=O) groups excluding carboxylic acids is 1. The number of para-hydroxylation sites is 1. The van der Waals surface area contributed by atoms with E-state index in [2.05, 4.69) is 5.32 Å². The Balaban J connectivity index is 2.76. The number of aliphatic hydroxyl groups excluding tert-OH is 1. The Morgan fingerprint density at radius 2 is 2.10 bits per heavy atom. The van der Waals surface area contributed by atoms with Crippen molar-refractivity contribution in [2.75, 3.05) is 25.0 Å². The van der Waals surface area contributed by atoms with Gasteiger partial charge < -0.3 is 16.2 Å². The summed E-state index contributed by atoms with van der Waals surface area (Å²) in [7, 11) is 0. The van der Waals surface area contributed by atoms with Crippen LogP contribution in [-0.2, 0) is 11.3 Å². The van der Waals surface area contributed by atoms with Crippen molar-refractivity contribution in [2.45, 2.75) is 25.9 Å². The number of nitrogens with zero attached hydrogens (tertiary/aromatic N) is 1. The minimum absolute atomic E-state index is 0.0114. The molecule has 4 N–H and O–H groups in total. The maximum Gasteiger partial charge on any atom is 0.251 e. The van der Waals surface area contributed by atoms with E-state index in [1.807, 2.05) is 0 Å². The van der Waals surface area contributed by atoms with Crippen molar-refractivity contribution in [2.24, 2.45) is 5.73 Å².